The number of nitrogens with zero attached hydrogens (tertiary/aromatic N) is 1. The highest BCUT2D eigenvalue weighted by atomic mass is 35.5. The van der Waals surface area contributed by atoms with Gasteiger partial charge in [-0.3, -0.25) is 14.5 Å². The summed E-state index contributed by atoms with van der Waals surface area (Å²) in [6, 6.07) is 7.81. The second-order valence-electron chi connectivity index (χ2n) is 7.47. The zero-order valence-corrected chi connectivity index (χ0v) is 19.0. The third kappa shape index (κ3) is 6.74. The molecule has 2 N–H and O–H groups in total. The van der Waals surface area contributed by atoms with Crippen molar-refractivity contribution in [3.8, 4) is 0 Å². The fourth-order valence-electron chi connectivity index (χ4n) is 3.62. The molecule has 3 rings (SSSR count). The second-order valence-corrected chi connectivity index (χ2v) is 8.82. The Labute approximate surface area is 190 Å². The van der Waals surface area contributed by atoms with Crippen LogP contribution in [0.15, 0.2) is 35.7 Å². The Morgan fingerprint density at radius 2 is 2.16 bits per heavy atom. The standard InChI is InChI=1S/C22H27ClFN3O3S/c1-15-14-27(10-11-30-15)18(21-16(23)5-2-6-17(21)24)13-26-20(28)8-3-9-25-22(29)19-7-4-12-31-19/h2,4-7,12,15,18H,3,8-11,13-14H2,1H3,(H,25,29)(H,26,28). The zero-order chi connectivity index (χ0) is 22.2. The predicted molar refractivity (Wildman–Crippen MR) is 120 cm³/mol. The Morgan fingerprint density at radius 3 is 2.87 bits per heavy atom. The van der Waals surface area contributed by atoms with Crippen molar-refractivity contribution >= 4 is 34.8 Å². The number of amides is 2. The third-order valence-electron chi connectivity index (χ3n) is 5.15. The van der Waals surface area contributed by atoms with Crippen LogP contribution in [-0.4, -0.2) is 55.6 Å². The molecule has 1 fully saturated rings. The Kier molecular flexibility index (Phi) is 8.83. The highest BCUT2D eigenvalue weighted by Crippen LogP contribution is 2.31. The van der Waals surface area contributed by atoms with Crippen LogP contribution in [-0.2, 0) is 9.53 Å². The summed E-state index contributed by atoms with van der Waals surface area (Å²) in [6.07, 6.45) is 0.800. The van der Waals surface area contributed by atoms with Crippen LogP contribution in [0.1, 0.15) is 41.0 Å². The molecule has 1 saturated heterocycles. The number of morpholine rings is 1. The SMILES string of the molecule is CC1CN(C(CNC(=O)CCCNC(=O)c2cccs2)c2c(F)cccc2Cl)CCO1. The zero-order valence-electron chi connectivity index (χ0n) is 17.4. The minimum atomic E-state index is -0.387. The van der Waals surface area contributed by atoms with Crippen molar-refractivity contribution in [3.63, 3.8) is 0 Å². The van der Waals surface area contributed by atoms with Gasteiger partial charge in [-0.05, 0) is 36.9 Å². The summed E-state index contributed by atoms with van der Waals surface area (Å²) in [5.41, 5.74) is 0.391. The molecule has 0 spiro atoms. The van der Waals surface area contributed by atoms with Crippen LogP contribution in [0.3, 0.4) is 0 Å². The molecule has 31 heavy (non-hydrogen) atoms. The number of halogens is 2. The number of thiophene rings is 1. The summed E-state index contributed by atoms with van der Waals surface area (Å²) >= 11 is 7.69. The summed E-state index contributed by atoms with van der Waals surface area (Å²) in [5, 5.41) is 7.90. The van der Waals surface area contributed by atoms with E-state index in [-0.39, 0.29) is 42.7 Å². The van der Waals surface area contributed by atoms with Gasteiger partial charge < -0.3 is 15.4 Å². The van der Waals surface area contributed by atoms with Crippen molar-refractivity contribution in [2.24, 2.45) is 0 Å². The lowest BCUT2D eigenvalue weighted by Gasteiger charge is -2.38. The molecular formula is C22H27ClFN3O3S. The number of hydrogen-bond donors (Lipinski definition) is 2. The lowest BCUT2D eigenvalue weighted by Crippen LogP contribution is -2.47. The maximum absolute atomic E-state index is 14.6. The highest BCUT2D eigenvalue weighted by Gasteiger charge is 2.29. The molecule has 0 bridgehead atoms. The first kappa shape index (κ1) is 23.7. The van der Waals surface area contributed by atoms with Crippen LogP contribution in [0, 0.1) is 5.82 Å². The van der Waals surface area contributed by atoms with E-state index in [1.54, 1.807) is 18.2 Å². The van der Waals surface area contributed by atoms with Crippen molar-refractivity contribution in [2.45, 2.75) is 31.9 Å². The summed E-state index contributed by atoms with van der Waals surface area (Å²) in [6.45, 7) is 4.42. The van der Waals surface area contributed by atoms with E-state index >= 15 is 0 Å². The van der Waals surface area contributed by atoms with Crippen molar-refractivity contribution < 1.29 is 18.7 Å². The second kappa shape index (κ2) is 11.6. The molecule has 9 heteroatoms. The monoisotopic (exact) mass is 467 g/mol. The molecule has 2 heterocycles. The van der Waals surface area contributed by atoms with E-state index in [2.05, 4.69) is 15.5 Å². The molecule has 0 radical (unpaired) electrons. The number of carbonyl (C=O) groups is 2. The Balaban J connectivity index is 1.53. The van der Waals surface area contributed by atoms with Crippen LogP contribution in [0.25, 0.3) is 0 Å². The Bertz CT molecular complexity index is 861. The van der Waals surface area contributed by atoms with Gasteiger partial charge in [-0.15, -0.1) is 11.3 Å². The first-order chi connectivity index (χ1) is 15.0. The minimum absolute atomic E-state index is 0.0180. The quantitative estimate of drug-likeness (QED) is 0.552. The minimum Gasteiger partial charge on any atom is -0.376 e. The number of benzene rings is 1. The fraction of sp³-hybridized carbons (Fsp3) is 0.455. The molecule has 6 nitrogen and oxygen atoms in total. The Morgan fingerprint density at radius 1 is 1.32 bits per heavy atom. The van der Waals surface area contributed by atoms with Crippen LogP contribution in [0.4, 0.5) is 4.39 Å². The lowest BCUT2D eigenvalue weighted by molar-refractivity contribution is -0.121. The molecule has 0 saturated carbocycles. The van der Waals surface area contributed by atoms with E-state index in [1.807, 2.05) is 18.4 Å². The van der Waals surface area contributed by atoms with Gasteiger partial charge in [0.2, 0.25) is 5.91 Å². The lowest BCUT2D eigenvalue weighted by atomic mass is 10.0. The van der Waals surface area contributed by atoms with Gasteiger partial charge >= 0.3 is 0 Å². The number of hydrogen-bond acceptors (Lipinski definition) is 5. The van der Waals surface area contributed by atoms with Gasteiger partial charge in [-0.2, -0.15) is 0 Å². The Hall–Kier alpha value is -2.00. The van der Waals surface area contributed by atoms with E-state index in [0.717, 1.165) is 0 Å². The van der Waals surface area contributed by atoms with Crippen LogP contribution < -0.4 is 10.6 Å². The molecule has 1 aromatic heterocycles. The summed E-state index contributed by atoms with van der Waals surface area (Å²) in [7, 11) is 0. The average Bonchev–Trinajstić information content (AvgIpc) is 3.28. The van der Waals surface area contributed by atoms with Crippen LogP contribution in [0.5, 0.6) is 0 Å². The van der Waals surface area contributed by atoms with E-state index < -0.39 is 0 Å². The van der Waals surface area contributed by atoms with Crippen LogP contribution in [0.2, 0.25) is 5.02 Å². The van der Waals surface area contributed by atoms with Gasteiger partial charge in [-0.25, -0.2) is 4.39 Å². The van der Waals surface area contributed by atoms with E-state index in [1.165, 1.54) is 17.4 Å². The van der Waals surface area contributed by atoms with Crippen molar-refractivity contribution in [1.82, 2.24) is 15.5 Å². The van der Waals surface area contributed by atoms with Gasteiger partial charge in [0.05, 0.1) is 23.6 Å². The van der Waals surface area contributed by atoms with Gasteiger partial charge in [0.15, 0.2) is 0 Å². The smallest absolute Gasteiger partial charge is 0.261 e. The molecule has 2 amide bonds. The normalized spacial score (nSPS) is 17.8. The van der Waals surface area contributed by atoms with E-state index in [4.69, 9.17) is 16.3 Å². The highest BCUT2D eigenvalue weighted by molar-refractivity contribution is 7.12. The first-order valence-corrected chi connectivity index (χ1v) is 11.6. The molecule has 168 valence electrons. The molecule has 2 atom stereocenters. The van der Waals surface area contributed by atoms with Gasteiger partial charge in [-0.1, -0.05) is 23.7 Å². The van der Waals surface area contributed by atoms with Crippen LogP contribution >= 0.6 is 22.9 Å². The molecule has 1 aliphatic rings. The molecule has 2 unspecified atom stereocenters. The summed E-state index contributed by atoms with van der Waals surface area (Å²) in [4.78, 5) is 27.0. The van der Waals surface area contributed by atoms with Gasteiger partial charge in [0.25, 0.3) is 5.91 Å². The fourth-order valence-corrected chi connectivity index (χ4v) is 4.54. The third-order valence-corrected chi connectivity index (χ3v) is 6.35. The molecular weight excluding hydrogens is 441 g/mol. The van der Waals surface area contributed by atoms with Gasteiger partial charge in [0, 0.05) is 43.2 Å². The molecule has 2 aromatic rings. The molecule has 0 aliphatic carbocycles. The van der Waals surface area contributed by atoms with Crippen molar-refractivity contribution in [1.29, 1.82) is 0 Å². The maximum atomic E-state index is 14.6. The van der Waals surface area contributed by atoms with E-state index in [9.17, 15) is 14.0 Å². The van der Waals surface area contributed by atoms with Crippen molar-refractivity contribution in [2.75, 3.05) is 32.8 Å². The number of ether oxygens (including phenoxy) is 1. The predicted octanol–water partition coefficient (Wildman–Crippen LogP) is 3.63. The summed E-state index contributed by atoms with van der Waals surface area (Å²) in [5.74, 6) is -0.669. The molecule has 1 aliphatic heterocycles. The first-order valence-electron chi connectivity index (χ1n) is 10.3. The number of nitrogens with one attached hydrogen (secondary N) is 2. The topological polar surface area (TPSA) is 70.7 Å². The largest absolute Gasteiger partial charge is 0.376 e. The maximum Gasteiger partial charge on any atom is 0.261 e. The number of rotatable bonds is 9. The molecule has 1 aromatic carbocycles. The van der Waals surface area contributed by atoms with Crippen molar-refractivity contribution in [3.05, 3.63) is 57.0 Å². The van der Waals surface area contributed by atoms with Gasteiger partial charge in [0.1, 0.15) is 5.82 Å². The average molecular weight is 468 g/mol. The number of carbonyl (C=O) groups excluding carboxylic acids is 2. The summed E-state index contributed by atoms with van der Waals surface area (Å²) < 4.78 is 20.2. The van der Waals surface area contributed by atoms with E-state index in [0.29, 0.717) is 48.1 Å².